The predicted octanol–water partition coefficient (Wildman–Crippen LogP) is 4.11. The van der Waals surface area contributed by atoms with Gasteiger partial charge in [-0.25, -0.2) is 4.79 Å². The zero-order valence-corrected chi connectivity index (χ0v) is 16.5. The van der Waals surface area contributed by atoms with Crippen LogP contribution in [0.25, 0.3) is 0 Å². The Bertz CT molecular complexity index is 895. The lowest BCUT2D eigenvalue weighted by atomic mass is 9.93. The quantitative estimate of drug-likeness (QED) is 0.833. The number of hydrogen-bond donors (Lipinski definition) is 2. The van der Waals surface area contributed by atoms with Gasteiger partial charge in [-0.3, -0.25) is 4.79 Å². The Morgan fingerprint density at radius 3 is 2.68 bits per heavy atom. The Labute approximate surface area is 164 Å². The van der Waals surface area contributed by atoms with E-state index in [2.05, 4.69) is 10.6 Å². The van der Waals surface area contributed by atoms with E-state index >= 15 is 0 Å². The lowest BCUT2D eigenvalue weighted by Crippen LogP contribution is -2.42. The molecule has 0 saturated carbocycles. The third kappa shape index (κ3) is 3.88. The molecule has 0 atom stereocenters. The van der Waals surface area contributed by atoms with Gasteiger partial charge in [0.1, 0.15) is 18.1 Å². The molecule has 0 aromatic heterocycles. The molecule has 1 aliphatic heterocycles. The Hall–Kier alpha value is -3.22. The predicted molar refractivity (Wildman–Crippen MR) is 109 cm³/mol. The number of para-hydroxylation sites is 2. The summed E-state index contributed by atoms with van der Waals surface area (Å²) in [5, 5.41) is 5.56. The van der Waals surface area contributed by atoms with E-state index in [-0.39, 0.29) is 5.91 Å². The Morgan fingerprint density at radius 2 is 1.96 bits per heavy atom. The molecule has 0 unspecified atom stereocenters. The maximum absolute atomic E-state index is 12.8. The average Bonchev–Trinajstić information content (AvgIpc) is 2.76. The first-order valence-corrected chi connectivity index (χ1v) is 9.15. The van der Waals surface area contributed by atoms with Gasteiger partial charge in [-0.05, 0) is 51.1 Å². The van der Waals surface area contributed by atoms with Gasteiger partial charge in [-0.2, -0.15) is 0 Å². The zero-order chi connectivity index (χ0) is 20.3. The molecule has 7 heteroatoms. The van der Waals surface area contributed by atoms with E-state index in [0.717, 1.165) is 0 Å². The Balaban J connectivity index is 1.82. The summed E-state index contributed by atoms with van der Waals surface area (Å²) in [6, 6.07) is 12.0. The van der Waals surface area contributed by atoms with Crippen LogP contribution in [0.2, 0.25) is 0 Å². The minimum absolute atomic E-state index is 0.00984. The highest BCUT2D eigenvalue weighted by molar-refractivity contribution is 6.03. The van der Waals surface area contributed by atoms with Crippen molar-refractivity contribution in [1.82, 2.24) is 0 Å². The van der Waals surface area contributed by atoms with Crippen molar-refractivity contribution in [2.45, 2.75) is 20.8 Å². The summed E-state index contributed by atoms with van der Waals surface area (Å²) in [6.45, 7) is 6.46. The molecule has 2 aromatic carbocycles. The van der Waals surface area contributed by atoms with Crippen LogP contribution >= 0.6 is 0 Å². The second-order valence-corrected chi connectivity index (χ2v) is 7.18. The first kappa shape index (κ1) is 19.5. The van der Waals surface area contributed by atoms with Crippen molar-refractivity contribution in [2.24, 2.45) is 5.41 Å². The van der Waals surface area contributed by atoms with Gasteiger partial charge in [0.25, 0.3) is 0 Å². The molecule has 1 aliphatic rings. The van der Waals surface area contributed by atoms with Crippen LogP contribution in [0.3, 0.4) is 0 Å². The number of fused-ring (bicyclic) bond motifs is 1. The van der Waals surface area contributed by atoms with Crippen molar-refractivity contribution in [3.05, 3.63) is 42.5 Å². The first-order chi connectivity index (χ1) is 13.4. The van der Waals surface area contributed by atoms with Crippen molar-refractivity contribution in [3.63, 3.8) is 0 Å². The summed E-state index contributed by atoms with van der Waals surface area (Å²) in [6.07, 6.45) is 0. The van der Waals surface area contributed by atoms with Crippen LogP contribution < -0.4 is 25.0 Å². The van der Waals surface area contributed by atoms with E-state index in [1.165, 1.54) is 0 Å². The summed E-state index contributed by atoms with van der Waals surface area (Å²) in [5.41, 5.74) is 1.14. The van der Waals surface area contributed by atoms with Gasteiger partial charge in [0.2, 0.25) is 5.91 Å². The van der Waals surface area contributed by atoms with Gasteiger partial charge in [-0.1, -0.05) is 12.1 Å². The van der Waals surface area contributed by atoms with Crippen LogP contribution in [-0.4, -0.2) is 32.2 Å². The molecule has 0 spiro atoms. The summed E-state index contributed by atoms with van der Waals surface area (Å²) in [7, 11) is 1.54. The monoisotopic (exact) mass is 383 g/mol. The molecule has 148 valence electrons. The van der Waals surface area contributed by atoms with Gasteiger partial charge in [-0.15, -0.1) is 0 Å². The van der Waals surface area contributed by atoms with Gasteiger partial charge < -0.3 is 25.0 Å². The third-order valence-electron chi connectivity index (χ3n) is 4.59. The number of carbonyl (C=O) groups excluding carboxylic acids is 2. The molecule has 0 bridgehead atoms. The number of rotatable bonds is 4. The van der Waals surface area contributed by atoms with Crippen LogP contribution in [0, 0.1) is 5.41 Å². The number of urea groups is 1. The molecule has 0 fully saturated rings. The molecule has 28 heavy (non-hydrogen) atoms. The number of anilines is 3. The van der Waals surface area contributed by atoms with Gasteiger partial charge >= 0.3 is 6.03 Å². The van der Waals surface area contributed by atoms with Gasteiger partial charge in [0.05, 0.1) is 23.9 Å². The maximum Gasteiger partial charge on any atom is 0.323 e. The van der Waals surface area contributed by atoms with Crippen molar-refractivity contribution >= 4 is 29.0 Å². The number of benzene rings is 2. The number of amides is 3. The molecule has 3 amide bonds. The minimum Gasteiger partial charge on any atom is -0.495 e. The van der Waals surface area contributed by atoms with Crippen molar-refractivity contribution < 1.29 is 19.1 Å². The second-order valence-electron chi connectivity index (χ2n) is 7.18. The first-order valence-electron chi connectivity index (χ1n) is 9.15. The third-order valence-corrected chi connectivity index (χ3v) is 4.59. The molecule has 7 nitrogen and oxygen atoms in total. The van der Waals surface area contributed by atoms with Crippen LogP contribution in [0.15, 0.2) is 42.5 Å². The van der Waals surface area contributed by atoms with Gasteiger partial charge in [0, 0.05) is 12.2 Å². The second kappa shape index (κ2) is 7.80. The smallest absolute Gasteiger partial charge is 0.323 e. The van der Waals surface area contributed by atoms with Crippen molar-refractivity contribution in [1.29, 1.82) is 0 Å². The molecule has 0 aliphatic carbocycles. The summed E-state index contributed by atoms with van der Waals surface area (Å²) in [4.78, 5) is 26.9. The number of ether oxygens (including phenoxy) is 2. The van der Waals surface area contributed by atoms with Crippen LogP contribution in [-0.2, 0) is 4.79 Å². The summed E-state index contributed by atoms with van der Waals surface area (Å²) in [5.74, 6) is 1.18. The van der Waals surface area contributed by atoms with Crippen LogP contribution in [0.5, 0.6) is 11.5 Å². The Kier molecular flexibility index (Phi) is 5.44. The highest BCUT2D eigenvalue weighted by Crippen LogP contribution is 2.38. The molecule has 0 saturated heterocycles. The fraction of sp³-hybridized carbons (Fsp3) is 0.333. The fourth-order valence-corrected chi connectivity index (χ4v) is 3.07. The van der Waals surface area contributed by atoms with E-state index < -0.39 is 11.4 Å². The molecule has 2 aromatic rings. The van der Waals surface area contributed by atoms with Crippen molar-refractivity contribution in [2.75, 3.05) is 35.8 Å². The largest absolute Gasteiger partial charge is 0.495 e. The van der Waals surface area contributed by atoms with Crippen LogP contribution in [0.1, 0.15) is 20.8 Å². The van der Waals surface area contributed by atoms with Crippen molar-refractivity contribution in [3.8, 4) is 11.5 Å². The molecule has 2 N–H and O–H groups in total. The van der Waals surface area contributed by atoms with E-state index in [1.807, 2.05) is 32.9 Å². The lowest BCUT2D eigenvalue weighted by molar-refractivity contribution is -0.127. The standard InChI is InChI=1S/C21H25N3O4/c1-5-24-16-12-14(10-11-18(16)28-13-21(2,3)19(24)25)22-20(26)23-15-8-6-7-9-17(15)27-4/h6-12H,5,13H2,1-4H3,(H2,22,23,26). The number of carbonyl (C=O) groups is 2. The van der Waals surface area contributed by atoms with E-state index in [4.69, 9.17) is 9.47 Å². The average molecular weight is 383 g/mol. The molecule has 1 heterocycles. The maximum atomic E-state index is 12.8. The molecule has 0 radical (unpaired) electrons. The summed E-state index contributed by atoms with van der Waals surface area (Å²) < 4.78 is 11.1. The van der Waals surface area contributed by atoms with E-state index in [0.29, 0.717) is 41.7 Å². The number of hydrogen-bond acceptors (Lipinski definition) is 4. The Morgan fingerprint density at radius 1 is 1.21 bits per heavy atom. The molecular weight excluding hydrogens is 358 g/mol. The van der Waals surface area contributed by atoms with E-state index in [1.54, 1.807) is 42.3 Å². The van der Waals surface area contributed by atoms with Crippen LogP contribution in [0.4, 0.5) is 21.9 Å². The zero-order valence-electron chi connectivity index (χ0n) is 16.5. The topological polar surface area (TPSA) is 79.9 Å². The number of nitrogens with one attached hydrogen (secondary N) is 2. The highest BCUT2D eigenvalue weighted by Gasteiger charge is 2.37. The lowest BCUT2D eigenvalue weighted by Gasteiger charge is -2.27. The van der Waals surface area contributed by atoms with Gasteiger partial charge in [0.15, 0.2) is 0 Å². The fourth-order valence-electron chi connectivity index (χ4n) is 3.07. The summed E-state index contributed by atoms with van der Waals surface area (Å²) >= 11 is 0. The molecule has 3 rings (SSSR count). The number of nitrogens with zero attached hydrogens (tertiary/aromatic N) is 1. The normalized spacial score (nSPS) is 15.1. The minimum atomic E-state index is -0.621. The number of methoxy groups -OCH3 is 1. The molecular formula is C21H25N3O4. The van der Waals surface area contributed by atoms with E-state index in [9.17, 15) is 9.59 Å². The SMILES string of the molecule is CCN1C(=O)C(C)(C)COc2ccc(NC(=O)Nc3ccccc3OC)cc21. The highest BCUT2D eigenvalue weighted by atomic mass is 16.5.